The van der Waals surface area contributed by atoms with Gasteiger partial charge >= 0.3 is 0 Å². The van der Waals surface area contributed by atoms with Crippen molar-refractivity contribution in [2.45, 2.75) is 77.6 Å². The maximum absolute atomic E-state index is 12.8. The maximum atomic E-state index is 12.8. The van der Waals surface area contributed by atoms with E-state index in [1.54, 1.807) is 6.08 Å². The summed E-state index contributed by atoms with van der Waals surface area (Å²) in [7, 11) is 0. The van der Waals surface area contributed by atoms with Crippen LogP contribution in [-0.4, -0.2) is 0 Å². The molecule has 2 aliphatic carbocycles. The van der Waals surface area contributed by atoms with E-state index in [1.165, 1.54) is 75.5 Å². The molecule has 2 fully saturated rings. The molecule has 0 aliphatic heterocycles. The number of nitrogens with zero attached hydrogens (tertiary/aromatic N) is 1. The molecule has 2 aliphatic rings. The molecule has 0 unspecified atom stereocenters. The second-order valence-corrected chi connectivity index (χ2v) is 8.06. The summed E-state index contributed by atoms with van der Waals surface area (Å²) in [5, 5.41) is 8.41. The summed E-state index contributed by atoms with van der Waals surface area (Å²) in [5.74, 6) is 2.21. The Morgan fingerprint density at radius 2 is 1.68 bits per heavy atom. The SMILES string of the molecule is C=C(C1CCC(/C=C/C=C(\F)C#N)CC1)C1CCC(CCCC)CC1. The Morgan fingerprint density at radius 3 is 2.24 bits per heavy atom. The minimum atomic E-state index is -0.715. The summed E-state index contributed by atoms with van der Waals surface area (Å²) < 4.78 is 12.8. The van der Waals surface area contributed by atoms with Crippen molar-refractivity contribution >= 4 is 0 Å². The molecule has 0 aromatic carbocycles. The molecule has 0 aromatic heterocycles. The van der Waals surface area contributed by atoms with Crippen molar-refractivity contribution in [2.75, 3.05) is 0 Å². The molecule has 1 nitrogen and oxygen atoms in total. The Kier molecular flexibility index (Phi) is 8.45. The summed E-state index contributed by atoms with van der Waals surface area (Å²) in [6, 6.07) is 1.51. The summed E-state index contributed by atoms with van der Waals surface area (Å²) in [4.78, 5) is 0. The monoisotopic (exact) mass is 343 g/mol. The van der Waals surface area contributed by atoms with E-state index in [9.17, 15) is 4.39 Å². The van der Waals surface area contributed by atoms with Crippen LogP contribution in [0.1, 0.15) is 77.6 Å². The van der Waals surface area contributed by atoms with E-state index in [0.717, 1.165) is 24.7 Å². The molecule has 2 saturated carbocycles. The third kappa shape index (κ3) is 6.46. The highest BCUT2D eigenvalue weighted by Gasteiger charge is 2.28. The van der Waals surface area contributed by atoms with E-state index in [1.807, 2.05) is 0 Å². The minimum absolute atomic E-state index is 0.525. The lowest BCUT2D eigenvalue weighted by atomic mass is 9.70. The summed E-state index contributed by atoms with van der Waals surface area (Å²) in [6.07, 6.45) is 19.4. The van der Waals surface area contributed by atoms with Crippen LogP contribution in [0.4, 0.5) is 4.39 Å². The molecule has 0 amide bonds. The van der Waals surface area contributed by atoms with Gasteiger partial charge in [-0.05, 0) is 81.1 Å². The van der Waals surface area contributed by atoms with Gasteiger partial charge in [0.15, 0.2) is 5.83 Å². The highest BCUT2D eigenvalue weighted by molar-refractivity contribution is 5.19. The fourth-order valence-corrected chi connectivity index (χ4v) is 4.66. The number of hydrogen-bond acceptors (Lipinski definition) is 1. The Bertz CT molecular complexity index is 509. The van der Waals surface area contributed by atoms with Crippen molar-refractivity contribution in [3.05, 3.63) is 36.2 Å². The predicted molar refractivity (Wildman–Crippen MR) is 104 cm³/mol. The summed E-state index contributed by atoms with van der Waals surface area (Å²) in [6.45, 7) is 6.78. The number of rotatable bonds is 7. The van der Waals surface area contributed by atoms with Crippen LogP contribution in [0.2, 0.25) is 0 Å². The number of unbranched alkanes of at least 4 members (excludes halogenated alkanes) is 1. The van der Waals surface area contributed by atoms with Gasteiger partial charge in [0.25, 0.3) is 0 Å². The normalized spacial score (nSPS) is 31.0. The average molecular weight is 344 g/mol. The summed E-state index contributed by atoms with van der Waals surface area (Å²) in [5.41, 5.74) is 1.52. The van der Waals surface area contributed by atoms with Gasteiger partial charge in [0.1, 0.15) is 6.07 Å². The fraction of sp³-hybridized carbons (Fsp3) is 0.696. The van der Waals surface area contributed by atoms with Crippen LogP contribution in [0, 0.1) is 35.0 Å². The molecule has 2 rings (SSSR count). The van der Waals surface area contributed by atoms with Crippen LogP contribution in [0.25, 0.3) is 0 Å². The molecule has 0 heterocycles. The van der Waals surface area contributed by atoms with Crippen LogP contribution in [0.15, 0.2) is 36.2 Å². The van der Waals surface area contributed by atoms with Crippen LogP contribution < -0.4 is 0 Å². The highest BCUT2D eigenvalue weighted by Crippen LogP contribution is 2.42. The molecule has 25 heavy (non-hydrogen) atoms. The quantitative estimate of drug-likeness (QED) is 0.271. The minimum Gasteiger partial charge on any atom is -0.195 e. The molecule has 0 spiro atoms. The van der Waals surface area contributed by atoms with Crippen molar-refractivity contribution in [1.82, 2.24) is 0 Å². The van der Waals surface area contributed by atoms with Crippen molar-refractivity contribution in [1.29, 1.82) is 5.26 Å². The maximum Gasteiger partial charge on any atom is 0.199 e. The van der Waals surface area contributed by atoms with Crippen molar-refractivity contribution in [2.24, 2.45) is 23.7 Å². The van der Waals surface area contributed by atoms with Crippen molar-refractivity contribution in [3.63, 3.8) is 0 Å². The molecule has 0 atom stereocenters. The Balaban J connectivity index is 1.72. The van der Waals surface area contributed by atoms with E-state index in [-0.39, 0.29) is 0 Å². The topological polar surface area (TPSA) is 23.8 Å². The molecule has 0 saturated heterocycles. The molecular weight excluding hydrogens is 309 g/mol. The number of allylic oxidation sites excluding steroid dienone is 5. The number of hydrogen-bond donors (Lipinski definition) is 0. The Morgan fingerprint density at radius 1 is 1.08 bits per heavy atom. The molecule has 0 N–H and O–H groups in total. The van der Waals surface area contributed by atoms with Gasteiger partial charge in [-0.15, -0.1) is 0 Å². The zero-order valence-corrected chi connectivity index (χ0v) is 15.9. The Hall–Kier alpha value is -1.36. The summed E-state index contributed by atoms with van der Waals surface area (Å²) >= 11 is 0. The van der Waals surface area contributed by atoms with Crippen LogP contribution in [0.5, 0.6) is 0 Å². The molecule has 0 aromatic rings. The predicted octanol–water partition coefficient (Wildman–Crippen LogP) is 7.28. The zero-order chi connectivity index (χ0) is 18.1. The van der Waals surface area contributed by atoms with Crippen molar-refractivity contribution in [3.8, 4) is 6.07 Å². The van der Waals surface area contributed by atoms with Gasteiger partial charge in [-0.1, -0.05) is 50.5 Å². The van der Waals surface area contributed by atoms with Crippen LogP contribution in [0.3, 0.4) is 0 Å². The first-order valence-electron chi connectivity index (χ1n) is 10.3. The largest absolute Gasteiger partial charge is 0.199 e. The van der Waals surface area contributed by atoms with E-state index in [4.69, 9.17) is 5.26 Å². The highest BCUT2D eigenvalue weighted by atomic mass is 19.1. The third-order valence-electron chi connectivity index (χ3n) is 6.37. The molecule has 138 valence electrons. The number of halogens is 1. The van der Waals surface area contributed by atoms with E-state index >= 15 is 0 Å². The van der Waals surface area contributed by atoms with Gasteiger partial charge in [-0.25, -0.2) is 0 Å². The molecule has 0 radical (unpaired) electrons. The van der Waals surface area contributed by atoms with Gasteiger partial charge in [0, 0.05) is 0 Å². The van der Waals surface area contributed by atoms with E-state index in [0.29, 0.717) is 11.8 Å². The zero-order valence-electron chi connectivity index (χ0n) is 15.9. The standard InChI is InChI=1S/C23H34FN/c1-3-4-6-19-9-13-21(14-10-19)18(2)22-15-11-20(12-16-22)7-5-8-23(24)17-25/h5,7-8,19-22H,2-4,6,9-16H2,1H3/b7-5+,23-8-. The molecule has 0 bridgehead atoms. The van der Waals surface area contributed by atoms with Gasteiger partial charge in [0.2, 0.25) is 0 Å². The van der Waals surface area contributed by atoms with E-state index in [2.05, 4.69) is 19.6 Å². The first-order chi connectivity index (χ1) is 12.1. The molecular formula is C23H34FN. The second-order valence-electron chi connectivity index (χ2n) is 8.06. The van der Waals surface area contributed by atoms with Gasteiger partial charge < -0.3 is 0 Å². The van der Waals surface area contributed by atoms with Gasteiger partial charge in [0.05, 0.1) is 0 Å². The molecule has 2 heteroatoms. The van der Waals surface area contributed by atoms with Crippen molar-refractivity contribution < 1.29 is 4.39 Å². The van der Waals surface area contributed by atoms with Crippen LogP contribution >= 0.6 is 0 Å². The fourth-order valence-electron chi connectivity index (χ4n) is 4.66. The number of nitriles is 1. The smallest absolute Gasteiger partial charge is 0.195 e. The Labute approximate surface area is 153 Å². The lowest BCUT2D eigenvalue weighted by Crippen LogP contribution is -2.22. The lowest BCUT2D eigenvalue weighted by Gasteiger charge is -2.35. The van der Waals surface area contributed by atoms with E-state index < -0.39 is 5.83 Å². The van der Waals surface area contributed by atoms with Gasteiger partial charge in [-0.3, -0.25) is 0 Å². The van der Waals surface area contributed by atoms with Crippen LogP contribution in [-0.2, 0) is 0 Å². The second kappa shape index (κ2) is 10.6. The first kappa shape index (κ1) is 20.0. The average Bonchev–Trinajstić information content (AvgIpc) is 2.66. The van der Waals surface area contributed by atoms with Gasteiger partial charge in [-0.2, -0.15) is 9.65 Å². The lowest BCUT2D eigenvalue weighted by molar-refractivity contribution is 0.253. The first-order valence-corrected chi connectivity index (χ1v) is 10.3. The third-order valence-corrected chi connectivity index (χ3v) is 6.37.